The van der Waals surface area contributed by atoms with Gasteiger partial charge in [0.25, 0.3) is 5.91 Å². The molecule has 11 heteroatoms. The SMILES string of the molecule is Cl.Cl.Cl.O=C(Nc1ccc2nc(N3CCN(c4ccccc4Cl)CC3)cc(C(=O)O)c2c1)c1ccccc1. The van der Waals surface area contributed by atoms with Crippen LogP contribution in [0.3, 0.4) is 0 Å². The molecule has 0 aliphatic carbocycles. The fraction of sp³-hybridized carbons (Fsp3) is 0.148. The molecule has 0 bridgehead atoms. The van der Waals surface area contributed by atoms with Crippen LogP contribution in [-0.4, -0.2) is 48.1 Å². The zero-order valence-corrected chi connectivity index (χ0v) is 23.2. The van der Waals surface area contributed by atoms with Crippen LogP contribution in [0.4, 0.5) is 17.2 Å². The summed E-state index contributed by atoms with van der Waals surface area (Å²) in [6.45, 7) is 2.87. The summed E-state index contributed by atoms with van der Waals surface area (Å²) in [6.07, 6.45) is 0. The van der Waals surface area contributed by atoms with E-state index in [0.29, 0.717) is 46.1 Å². The van der Waals surface area contributed by atoms with Crippen LogP contribution in [0, 0.1) is 0 Å². The summed E-state index contributed by atoms with van der Waals surface area (Å²) in [5, 5.41) is 13.9. The number of benzene rings is 3. The van der Waals surface area contributed by atoms with Crippen LogP contribution in [-0.2, 0) is 0 Å². The molecule has 1 aliphatic heterocycles. The van der Waals surface area contributed by atoms with E-state index in [0.717, 1.165) is 18.8 Å². The average Bonchev–Trinajstić information content (AvgIpc) is 2.89. The van der Waals surface area contributed by atoms with Crippen molar-refractivity contribution in [2.75, 3.05) is 41.3 Å². The van der Waals surface area contributed by atoms with Crippen molar-refractivity contribution in [3.05, 3.63) is 95.0 Å². The van der Waals surface area contributed by atoms with Crippen LogP contribution in [0.5, 0.6) is 0 Å². The summed E-state index contributed by atoms with van der Waals surface area (Å²) in [5.74, 6) is -0.683. The van der Waals surface area contributed by atoms with Gasteiger partial charge in [0.05, 0.1) is 21.8 Å². The molecule has 4 aromatic rings. The van der Waals surface area contributed by atoms with Gasteiger partial charge in [-0.05, 0) is 48.5 Å². The Morgan fingerprint density at radius 3 is 2.11 bits per heavy atom. The lowest BCUT2D eigenvalue weighted by Gasteiger charge is -2.37. The number of aromatic carboxylic acids is 1. The third kappa shape index (κ3) is 6.60. The Morgan fingerprint density at radius 1 is 0.816 bits per heavy atom. The van der Waals surface area contributed by atoms with Gasteiger partial charge in [0.1, 0.15) is 5.82 Å². The number of carboxylic acids is 1. The van der Waals surface area contributed by atoms with Crippen molar-refractivity contribution in [2.45, 2.75) is 0 Å². The maximum atomic E-state index is 12.5. The fourth-order valence-corrected chi connectivity index (χ4v) is 4.56. The number of hydrogen-bond donors (Lipinski definition) is 2. The standard InChI is InChI=1S/C27H23ClN4O3.3ClH/c28-22-8-4-5-9-24(22)31-12-14-32(15-13-31)25-17-21(27(34)35)20-16-19(10-11-23(20)30-25)29-26(33)18-6-2-1-3-7-18;;;/h1-11,16-17H,12-15H2,(H,29,33)(H,34,35);3*1H. The number of piperazine rings is 1. The van der Waals surface area contributed by atoms with Crippen molar-refractivity contribution in [1.82, 2.24) is 4.98 Å². The highest BCUT2D eigenvalue weighted by molar-refractivity contribution is 6.33. The highest BCUT2D eigenvalue weighted by Gasteiger charge is 2.22. The van der Waals surface area contributed by atoms with Gasteiger partial charge in [-0.25, -0.2) is 9.78 Å². The Morgan fingerprint density at radius 2 is 1.45 bits per heavy atom. The first-order valence-corrected chi connectivity index (χ1v) is 11.7. The normalized spacial score (nSPS) is 12.6. The number of hydrogen-bond acceptors (Lipinski definition) is 5. The van der Waals surface area contributed by atoms with E-state index in [-0.39, 0.29) is 48.7 Å². The lowest BCUT2D eigenvalue weighted by Crippen LogP contribution is -2.47. The van der Waals surface area contributed by atoms with Gasteiger partial charge in [0.2, 0.25) is 0 Å². The van der Waals surface area contributed by atoms with Gasteiger partial charge < -0.3 is 20.2 Å². The Labute approximate surface area is 244 Å². The van der Waals surface area contributed by atoms with Gasteiger partial charge in [-0.3, -0.25) is 4.79 Å². The minimum atomic E-state index is -1.04. The lowest BCUT2D eigenvalue weighted by molar-refractivity contribution is 0.0698. The summed E-state index contributed by atoms with van der Waals surface area (Å²) in [7, 11) is 0. The van der Waals surface area contributed by atoms with Crippen molar-refractivity contribution in [3.63, 3.8) is 0 Å². The van der Waals surface area contributed by atoms with Crippen LogP contribution < -0.4 is 15.1 Å². The molecule has 0 radical (unpaired) electrons. The van der Waals surface area contributed by atoms with E-state index in [4.69, 9.17) is 16.6 Å². The zero-order chi connectivity index (χ0) is 24.4. The van der Waals surface area contributed by atoms with Crippen LogP contribution >= 0.6 is 48.8 Å². The monoisotopic (exact) mass is 594 g/mol. The third-order valence-electron chi connectivity index (χ3n) is 6.12. The number of rotatable bonds is 5. The van der Waals surface area contributed by atoms with Crippen LogP contribution in [0.2, 0.25) is 5.02 Å². The lowest BCUT2D eigenvalue weighted by atomic mass is 10.1. The summed E-state index contributed by atoms with van der Waals surface area (Å²) < 4.78 is 0. The average molecular weight is 596 g/mol. The van der Waals surface area contributed by atoms with E-state index in [1.54, 1.807) is 48.5 Å². The first-order chi connectivity index (χ1) is 17.0. The molecule has 0 spiro atoms. The van der Waals surface area contributed by atoms with E-state index in [9.17, 15) is 14.7 Å². The second-order valence-electron chi connectivity index (χ2n) is 8.31. The Bertz CT molecular complexity index is 1410. The maximum Gasteiger partial charge on any atom is 0.336 e. The first kappa shape index (κ1) is 31.0. The smallest absolute Gasteiger partial charge is 0.336 e. The number of fused-ring (bicyclic) bond motifs is 1. The summed E-state index contributed by atoms with van der Waals surface area (Å²) in [4.78, 5) is 33.7. The number of aromatic nitrogens is 1. The maximum absolute atomic E-state index is 12.5. The van der Waals surface area contributed by atoms with Gasteiger partial charge in [0, 0.05) is 42.8 Å². The number of anilines is 3. The number of carbonyl (C=O) groups excluding carboxylic acids is 1. The Balaban J connectivity index is 0.00000169. The molecule has 7 nitrogen and oxygen atoms in total. The molecule has 1 amide bonds. The van der Waals surface area contributed by atoms with Crippen molar-refractivity contribution >= 4 is 88.8 Å². The van der Waals surface area contributed by atoms with Crippen molar-refractivity contribution in [3.8, 4) is 0 Å². The quantitative estimate of drug-likeness (QED) is 0.276. The van der Waals surface area contributed by atoms with Crippen molar-refractivity contribution in [2.24, 2.45) is 0 Å². The van der Waals surface area contributed by atoms with Gasteiger partial charge in [0.15, 0.2) is 0 Å². The minimum absolute atomic E-state index is 0. The molecule has 200 valence electrons. The third-order valence-corrected chi connectivity index (χ3v) is 6.44. The second kappa shape index (κ2) is 13.5. The Hall–Kier alpha value is -3.23. The predicted molar refractivity (Wildman–Crippen MR) is 161 cm³/mol. The molecule has 0 atom stereocenters. The van der Waals surface area contributed by atoms with E-state index < -0.39 is 5.97 Å². The van der Waals surface area contributed by atoms with E-state index in [1.165, 1.54) is 0 Å². The predicted octanol–water partition coefficient (Wildman–Crippen LogP) is 6.43. The molecule has 3 aromatic carbocycles. The second-order valence-corrected chi connectivity index (χ2v) is 8.72. The molecular weight excluding hydrogens is 570 g/mol. The summed E-state index contributed by atoms with van der Waals surface area (Å²) in [5.41, 5.74) is 2.74. The van der Waals surface area contributed by atoms with Crippen LogP contribution in [0.1, 0.15) is 20.7 Å². The van der Waals surface area contributed by atoms with Crippen molar-refractivity contribution < 1.29 is 14.7 Å². The van der Waals surface area contributed by atoms with E-state index in [2.05, 4.69) is 15.1 Å². The van der Waals surface area contributed by atoms with E-state index >= 15 is 0 Å². The molecule has 2 N–H and O–H groups in total. The Kier molecular flexibility index (Phi) is 11.0. The molecule has 1 saturated heterocycles. The number of nitrogens with zero attached hydrogens (tertiary/aromatic N) is 3. The molecule has 0 unspecified atom stereocenters. The zero-order valence-electron chi connectivity index (χ0n) is 20.0. The molecule has 1 aromatic heterocycles. The van der Waals surface area contributed by atoms with Crippen molar-refractivity contribution in [1.29, 1.82) is 0 Å². The minimum Gasteiger partial charge on any atom is -0.478 e. The summed E-state index contributed by atoms with van der Waals surface area (Å²) in [6, 6.07) is 23.4. The molecular formula is C27H26Cl4N4O3. The molecule has 1 fully saturated rings. The number of carbonyl (C=O) groups is 2. The molecule has 38 heavy (non-hydrogen) atoms. The summed E-state index contributed by atoms with van der Waals surface area (Å²) >= 11 is 6.35. The molecule has 1 aliphatic rings. The molecule has 0 saturated carbocycles. The van der Waals surface area contributed by atoms with Gasteiger partial charge >= 0.3 is 5.97 Å². The molecule has 5 rings (SSSR count). The number of amides is 1. The highest BCUT2D eigenvalue weighted by atomic mass is 35.5. The largest absolute Gasteiger partial charge is 0.478 e. The topological polar surface area (TPSA) is 85.8 Å². The number of nitrogens with one attached hydrogen (secondary N) is 1. The van der Waals surface area contributed by atoms with E-state index in [1.807, 2.05) is 30.3 Å². The molecule has 2 heterocycles. The van der Waals surface area contributed by atoms with Gasteiger partial charge in [-0.2, -0.15) is 0 Å². The number of halogens is 4. The van der Waals surface area contributed by atoms with Gasteiger partial charge in [-0.1, -0.05) is 41.9 Å². The number of carboxylic acid groups (broad SMARTS) is 1. The highest BCUT2D eigenvalue weighted by Crippen LogP contribution is 2.29. The van der Waals surface area contributed by atoms with Gasteiger partial charge in [-0.15, -0.1) is 37.2 Å². The number of pyridine rings is 1. The van der Waals surface area contributed by atoms with Crippen LogP contribution in [0.15, 0.2) is 78.9 Å². The number of para-hydroxylation sites is 1. The first-order valence-electron chi connectivity index (χ1n) is 11.3. The van der Waals surface area contributed by atoms with Crippen LogP contribution in [0.25, 0.3) is 10.9 Å². The fourth-order valence-electron chi connectivity index (χ4n) is 4.31.